The van der Waals surface area contributed by atoms with Crippen LogP contribution >= 0.6 is 0 Å². The maximum absolute atomic E-state index is 12.3. The van der Waals surface area contributed by atoms with Crippen molar-refractivity contribution in [3.05, 3.63) is 109 Å². The molecule has 0 radical (unpaired) electrons. The molecule has 0 unspecified atom stereocenters. The second-order valence-corrected chi connectivity index (χ2v) is 9.80. The van der Waals surface area contributed by atoms with Gasteiger partial charge >= 0.3 is 0 Å². The number of ether oxygens (including phenoxy) is 1. The van der Waals surface area contributed by atoms with E-state index in [-0.39, 0.29) is 18.4 Å². The molecule has 4 aromatic rings. The Morgan fingerprint density at radius 2 is 0.878 bits per heavy atom. The number of anilines is 6. The van der Waals surface area contributed by atoms with Gasteiger partial charge in [-0.05, 0) is 85.6 Å². The predicted molar refractivity (Wildman–Crippen MR) is 168 cm³/mol. The summed E-state index contributed by atoms with van der Waals surface area (Å²) in [7, 11) is 0. The minimum Gasteiger partial charge on any atom is -0.372 e. The minimum absolute atomic E-state index is 0.0326. The van der Waals surface area contributed by atoms with Gasteiger partial charge in [0.25, 0.3) is 0 Å². The van der Waals surface area contributed by atoms with Crippen LogP contribution in [0.2, 0.25) is 0 Å². The van der Waals surface area contributed by atoms with Crippen LogP contribution in [-0.2, 0) is 14.3 Å². The van der Waals surface area contributed by atoms with Gasteiger partial charge in [-0.2, -0.15) is 0 Å². The number of carbonyl (C=O) groups excluding carboxylic acids is 2. The van der Waals surface area contributed by atoms with E-state index >= 15 is 0 Å². The third-order valence-electron chi connectivity index (χ3n) is 6.39. The maximum Gasteiger partial charge on any atom is 0.250 e. The number of benzene rings is 4. The van der Waals surface area contributed by atoms with Crippen LogP contribution in [-0.4, -0.2) is 25.0 Å². The first-order chi connectivity index (χ1) is 20.1. The summed E-state index contributed by atoms with van der Waals surface area (Å²) in [4.78, 5) is 24.4. The topological polar surface area (TPSA) is 91.5 Å². The molecule has 0 aliphatic heterocycles. The Morgan fingerprint density at radius 1 is 0.463 bits per heavy atom. The van der Waals surface area contributed by atoms with Crippen LogP contribution in [0.1, 0.15) is 38.5 Å². The maximum atomic E-state index is 12.3. The molecule has 4 rings (SSSR count). The van der Waals surface area contributed by atoms with Gasteiger partial charge in [0.15, 0.2) is 0 Å². The minimum atomic E-state index is -0.165. The molecule has 0 spiro atoms. The molecule has 0 bridgehead atoms. The van der Waals surface area contributed by atoms with Crippen LogP contribution < -0.4 is 21.3 Å². The Kier molecular flexibility index (Phi) is 11.8. The molecule has 0 atom stereocenters. The van der Waals surface area contributed by atoms with Crippen molar-refractivity contribution in [2.45, 2.75) is 38.5 Å². The van der Waals surface area contributed by atoms with E-state index in [9.17, 15) is 9.59 Å². The summed E-state index contributed by atoms with van der Waals surface area (Å²) in [5.74, 6) is -0.132. The van der Waals surface area contributed by atoms with Crippen molar-refractivity contribution in [3.63, 3.8) is 0 Å². The SMILES string of the molecule is O=C(CCCCCCCOCC(=O)Nc1ccc(Nc2ccccc2)cc1)Nc1ccc(Nc2ccccc2)cc1. The lowest BCUT2D eigenvalue weighted by Gasteiger charge is -2.09. The van der Waals surface area contributed by atoms with Crippen molar-refractivity contribution in [1.82, 2.24) is 0 Å². The molecular weight excluding hydrogens is 512 g/mol. The van der Waals surface area contributed by atoms with Crippen molar-refractivity contribution < 1.29 is 14.3 Å². The van der Waals surface area contributed by atoms with E-state index in [2.05, 4.69) is 21.3 Å². The van der Waals surface area contributed by atoms with E-state index in [4.69, 9.17) is 4.74 Å². The molecule has 2 amide bonds. The Balaban J connectivity index is 0.991. The second-order valence-electron chi connectivity index (χ2n) is 9.80. The van der Waals surface area contributed by atoms with E-state index in [1.165, 1.54) is 0 Å². The normalized spacial score (nSPS) is 10.5. The number of nitrogens with one attached hydrogen (secondary N) is 4. The van der Waals surface area contributed by atoms with Crippen LogP contribution in [0.25, 0.3) is 0 Å². The van der Waals surface area contributed by atoms with Crippen LogP contribution in [0.3, 0.4) is 0 Å². The Morgan fingerprint density at radius 3 is 1.41 bits per heavy atom. The number of hydrogen-bond acceptors (Lipinski definition) is 5. The quantitative estimate of drug-likeness (QED) is 0.106. The van der Waals surface area contributed by atoms with Gasteiger partial charge in [-0.3, -0.25) is 9.59 Å². The lowest BCUT2D eigenvalue weighted by molar-refractivity contribution is -0.120. The van der Waals surface area contributed by atoms with Crippen molar-refractivity contribution >= 4 is 45.9 Å². The summed E-state index contributed by atoms with van der Waals surface area (Å²) in [6, 6.07) is 35.2. The summed E-state index contributed by atoms with van der Waals surface area (Å²) in [6.07, 6.45) is 5.28. The van der Waals surface area contributed by atoms with Crippen molar-refractivity contribution in [2.75, 3.05) is 34.5 Å². The van der Waals surface area contributed by atoms with Gasteiger partial charge in [0.1, 0.15) is 6.61 Å². The molecule has 0 aliphatic carbocycles. The fourth-order valence-electron chi connectivity index (χ4n) is 4.26. The zero-order valence-electron chi connectivity index (χ0n) is 23.3. The standard InChI is InChI=1S/C34H38N4O3/c39-33(37-31-21-17-29(18-22-31)35-27-12-6-4-7-13-27)16-10-2-1-3-11-25-41-26-34(40)38-32-23-19-30(20-24-32)36-28-14-8-5-9-15-28/h4-9,12-15,17-24,35-36H,1-3,10-11,16,25-26H2,(H,37,39)(H,38,40). The Bertz CT molecular complexity index is 1220. The highest BCUT2D eigenvalue weighted by Crippen LogP contribution is 2.20. The van der Waals surface area contributed by atoms with E-state index < -0.39 is 0 Å². The molecular formula is C34H38N4O3. The van der Waals surface area contributed by atoms with E-state index in [1.54, 1.807) is 0 Å². The van der Waals surface area contributed by atoms with Gasteiger partial charge in [0, 0.05) is 47.2 Å². The Labute approximate surface area is 242 Å². The molecule has 0 saturated carbocycles. The second kappa shape index (κ2) is 16.5. The highest BCUT2D eigenvalue weighted by atomic mass is 16.5. The first kappa shape index (κ1) is 29.4. The number of amides is 2. The fourth-order valence-corrected chi connectivity index (χ4v) is 4.26. The first-order valence-electron chi connectivity index (χ1n) is 14.2. The highest BCUT2D eigenvalue weighted by molar-refractivity contribution is 5.92. The van der Waals surface area contributed by atoms with Crippen LogP contribution in [0.4, 0.5) is 34.1 Å². The highest BCUT2D eigenvalue weighted by Gasteiger charge is 2.05. The summed E-state index contributed by atoms with van der Waals surface area (Å²) < 4.78 is 5.53. The molecule has 0 fully saturated rings. The number of para-hydroxylation sites is 2. The Hall–Kier alpha value is -4.62. The van der Waals surface area contributed by atoms with E-state index in [0.717, 1.165) is 66.2 Å². The van der Waals surface area contributed by atoms with Crippen LogP contribution in [0.5, 0.6) is 0 Å². The summed E-state index contributed by atoms with van der Waals surface area (Å²) in [6.45, 7) is 0.580. The molecule has 7 heteroatoms. The third kappa shape index (κ3) is 11.2. The molecule has 0 heterocycles. The van der Waals surface area contributed by atoms with Gasteiger partial charge in [-0.25, -0.2) is 0 Å². The summed E-state index contributed by atoms with van der Waals surface area (Å²) >= 11 is 0. The first-order valence-corrected chi connectivity index (χ1v) is 14.2. The average Bonchev–Trinajstić information content (AvgIpc) is 2.99. The van der Waals surface area contributed by atoms with Crippen molar-refractivity contribution in [3.8, 4) is 0 Å². The van der Waals surface area contributed by atoms with Gasteiger partial charge in [-0.1, -0.05) is 55.7 Å². The van der Waals surface area contributed by atoms with Gasteiger partial charge in [0.2, 0.25) is 11.8 Å². The molecule has 0 saturated heterocycles. The fraction of sp³-hybridized carbons (Fsp3) is 0.235. The lowest BCUT2D eigenvalue weighted by atomic mass is 10.1. The van der Waals surface area contributed by atoms with Crippen molar-refractivity contribution in [1.29, 1.82) is 0 Å². The van der Waals surface area contributed by atoms with Gasteiger partial charge < -0.3 is 26.0 Å². The molecule has 4 aromatic carbocycles. The lowest BCUT2D eigenvalue weighted by Crippen LogP contribution is -2.18. The van der Waals surface area contributed by atoms with Crippen LogP contribution in [0, 0.1) is 0 Å². The molecule has 4 N–H and O–H groups in total. The van der Waals surface area contributed by atoms with Crippen molar-refractivity contribution in [2.24, 2.45) is 0 Å². The summed E-state index contributed by atoms with van der Waals surface area (Å²) in [5, 5.41) is 12.5. The number of unbranched alkanes of at least 4 members (excludes halogenated alkanes) is 4. The molecule has 0 aromatic heterocycles. The molecule has 212 valence electrons. The zero-order chi connectivity index (χ0) is 28.5. The number of rotatable bonds is 16. The third-order valence-corrected chi connectivity index (χ3v) is 6.39. The van der Waals surface area contributed by atoms with E-state index in [0.29, 0.717) is 13.0 Å². The molecule has 41 heavy (non-hydrogen) atoms. The average molecular weight is 551 g/mol. The number of carbonyl (C=O) groups is 2. The predicted octanol–water partition coefficient (Wildman–Crippen LogP) is 8.11. The largest absolute Gasteiger partial charge is 0.372 e. The zero-order valence-corrected chi connectivity index (χ0v) is 23.3. The van der Waals surface area contributed by atoms with Gasteiger partial charge in [-0.15, -0.1) is 0 Å². The van der Waals surface area contributed by atoms with Gasteiger partial charge in [0.05, 0.1) is 0 Å². The summed E-state index contributed by atoms with van der Waals surface area (Å²) in [5.41, 5.74) is 5.49. The smallest absolute Gasteiger partial charge is 0.250 e. The van der Waals surface area contributed by atoms with E-state index in [1.807, 2.05) is 109 Å². The molecule has 0 aliphatic rings. The van der Waals surface area contributed by atoms with Crippen LogP contribution in [0.15, 0.2) is 109 Å². The number of hydrogen-bond donors (Lipinski definition) is 4. The monoisotopic (exact) mass is 550 g/mol. The molecule has 7 nitrogen and oxygen atoms in total.